The first-order valence-corrected chi connectivity index (χ1v) is 7.16. The zero-order chi connectivity index (χ0) is 11.2. The summed E-state index contributed by atoms with van der Waals surface area (Å²) in [6.45, 7) is 3.79. The highest BCUT2D eigenvalue weighted by Gasteiger charge is 2.18. The third-order valence-electron chi connectivity index (χ3n) is 3.25. The Morgan fingerprint density at radius 2 is 2.00 bits per heavy atom. The van der Waals surface area contributed by atoms with Gasteiger partial charge in [0.15, 0.2) is 0 Å². The molecule has 1 aliphatic rings. The van der Waals surface area contributed by atoms with Gasteiger partial charge in [-0.3, -0.25) is 0 Å². The van der Waals surface area contributed by atoms with Crippen LogP contribution in [0, 0.1) is 0 Å². The van der Waals surface area contributed by atoms with E-state index in [1.165, 1.54) is 50.9 Å². The van der Waals surface area contributed by atoms with Crippen molar-refractivity contribution in [3.05, 3.63) is 35.9 Å². The number of hydrogen-bond acceptors (Lipinski definition) is 1. The van der Waals surface area contributed by atoms with Crippen molar-refractivity contribution in [2.24, 2.45) is 0 Å². The fourth-order valence-corrected chi connectivity index (χ4v) is 2.91. The van der Waals surface area contributed by atoms with Crippen LogP contribution in [0.2, 0.25) is 0 Å². The van der Waals surface area contributed by atoms with Gasteiger partial charge < -0.3 is 4.90 Å². The Labute approximate surface area is 107 Å². The summed E-state index contributed by atoms with van der Waals surface area (Å²) in [5.74, 6) is 0. The Hall–Kier alpha value is -0.340. The van der Waals surface area contributed by atoms with Crippen LogP contribution in [0.3, 0.4) is 0 Å². The number of nitrogens with zero attached hydrogens (tertiary/aromatic N) is 1. The monoisotopic (exact) mass is 281 g/mol. The summed E-state index contributed by atoms with van der Waals surface area (Å²) in [5.41, 5.74) is 1.47. The number of rotatable bonds is 5. The fourth-order valence-electron chi connectivity index (χ4n) is 2.30. The number of benzene rings is 1. The van der Waals surface area contributed by atoms with Gasteiger partial charge in [-0.05, 0) is 44.3 Å². The van der Waals surface area contributed by atoms with Crippen LogP contribution in [0.25, 0.3) is 0 Å². The maximum Gasteiger partial charge on any atom is 0.0285 e. The molecule has 0 amide bonds. The van der Waals surface area contributed by atoms with Crippen LogP contribution in [-0.4, -0.2) is 29.4 Å². The summed E-state index contributed by atoms with van der Waals surface area (Å²) in [7, 11) is 0. The minimum Gasteiger partial charge on any atom is -0.302 e. The molecule has 1 aromatic rings. The third kappa shape index (κ3) is 3.91. The number of hydrogen-bond donors (Lipinski definition) is 0. The van der Waals surface area contributed by atoms with E-state index in [1.807, 2.05) is 0 Å². The average Bonchev–Trinajstić information content (AvgIpc) is 2.72. The van der Waals surface area contributed by atoms with Gasteiger partial charge >= 0.3 is 0 Å². The van der Waals surface area contributed by atoms with Crippen LogP contribution >= 0.6 is 15.9 Å². The molecular formula is C14H20BrN. The van der Waals surface area contributed by atoms with Crippen LogP contribution in [-0.2, 0) is 6.42 Å². The third-order valence-corrected chi connectivity index (χ3v) is 3.99. The van der Waals surface area contributed by atoms with Gasteiger partial charge in [0.2, 0.25) is 0 Å². The van der Waals surface area contributed by atoms with Crippen LogP contribution in [0.1, 0.15) is 24.8 Å². The fraction of sp³-hybridized carbons (Fsp3) is 0.571. The molecule has 1 aromatic carbocycles. The van der Waals surface area contributed by atoms with E-state index in [2.05, 4.69) is 51.2 Å². The zero-order valence-electron chi connectivity index (χ0n) is 9.74. The molecule has 1 fully saturated rings. The highest BCUT2D eigenvalue weighted by molar-refractivity contribution is 9.09. The maximum absolute atomic E-state index is 3.68. The molecule has 0 spiro atoms. The quantitative estimate of drug-likeness (QED) is 0.590. The minimum atomic E-state index is 0.738. The van der Waals surface area contributed by atoms with E-state index in [-0.39, 0.29) is 0 Å². The van der Waals surface area contributed by atoms with E-state index in [4.69, 9.17) is 0 Å². The Morgan fingerprint density at radius 3 is 2.69 bits per heavy atom. The van der Waals surface area contributed by atoms with E-state index in [1.54, 1.807) is 0 Å². The molecule has 0 aliphatic carbocycles. The van der Waals surface area contributed by atoms with Gasteiger partial charge in [0.25, 0.3) is 0 Å². The summed E-state index contributed by atoms with van der Waals surface area (Å²) >= 11 is 3.68. The lowest BCUT2D eigenvalue weighted by Gasteiger charge is -2.14. The predicted molar refractivity (Wildman–Crippen MR) is 73.2 cm³/mol. The lowest BCUT2D eigenvalue weighted by molar-refractivity contribution is 0.331. The number of halogens is 1. The topological polar surface area (TPSA) is 3.24 Å². The van der Waals surface area contributed by atoms with E-state index in [9.17, 15) is 0 Å². The normalized spacial score (nSPS) is 21.4. The van der Waals surface area contributed by atoms with E-state index in [0.29, 0.717) is 0 Å². The molecule has 88 valence electrons. The summed E-state index contributed by atoms with van der Waals surface area (Å²) in [4.78, 5) is 3.31. The maximum atomic E-state index is 3.68. The second-order valence-electron chi connectivity index (χ2n) is 4.63. The molecule has 0 N–H and O–H groups in total. The van der Waals surface area contributed by atoms with Gasteiger partial charge in [0.1, 0.15) is 0 Å². The van der Waals surface area contributed by atoms with Crippen LogP contribution < -0.4 is 0 Å². The first-order valence-electron chi connectivity index (χ1n) is 6.25. The van der Waals surface area contributed by atoms with Crippen molar-refractivity contribution < 1.29 is 0 Å². The van der Waals surface area contributed by atoms with E-state index in [0.717, 1.165) is 4.83 Å². The molecule has 1 atom stereocenters. The van der Waals surface area contributed by atoms with Crippen LogP contribution in [0.4, 0.5) is 0 Å². The van der Waals surface area contributed by atoms with Crippen molar-refractivity contribution in [2.75, 3.05) is 19.6 Å². The average molecular weight is 282 g/mol. The van der Waals surface area contributed by atoms with Crippen molar-refractivity contribution in [1.82, 2.24) is 4.90 Å². The minimum absolute atomic E-state index is 0.738. The lowest BCUT2D eigenvalue weighted by Crippen LogP contribution is -2.21. The SMILES string of the molecule is BrC1CCN(CCCCc2ccccc2)C1. The molecule has 0 radical (unpaired) electrons. The molecule has 0 aromatic heterocycles. The number of likely N-dealkylation sites (tertiary alicyclic amines) is 1. The molecule has 1 nitrogen and oxygen atoms in total. The molecule has 2 heteroatoms. The Balaban J connectivity index is 1.59. The molecule has 0 saturated carbocycles. The van der Waals surface area contributed by atoms with Crippen molar-refractivity contribution in [3.63, 3.8) is 0 Å². The van der Waals surface area contributed by atoms with Gasteiger partial charge in [-0.1, -0.05) is 46.3 Å². The molecular weight excluding hydrogens is 262 g/mol. The molecule has 1 aliphatic heterocycles. The number of alkyl halides is 1. The number of unbranched alkanes of at least 4 members (excludes halogenated alkanes) is 1. The van der Waals surface area contributed by atoms with Gasteiger partial charge in [0.05, 0.1) is 0 Å². The van der Waals surface area contributed by atoms with Crippen molar-refractivity contribution in [2.45, 2.75) is 30.5 Å². The summed E-state index contributed by atoms with van der Waals surface area (Å²) in [5, 5.41) is 0. The molecule has 0 bridgehead atoms. The van der Waals surface area contributed by atoms with Crippen molar-refractivity contribution in [3.8, 4) is 0 Å². The predicted octanol–water partition coefficient (Wildman–Crippen LogP) is 3.48. The summed E-state index contributed by atoms with van der Waals surface area (Å²) < 4.78 is 0. The largest absolute Gasteiger partial charge is 0.302 e. The Bertz CT molecular complexity index is 299. The zero-order valence-corrected chi connectivity index (χ0v) is 11.3. The first-order chi connectivity index (χ1) is 7.84. The van der Waals surface area contributed by atoms with Crippen LogP contribution in [0.15, 0.2) is 30.3 Å². The summed E-state index contributed by atoms with van der Waals surface area (Å²) in [6.07, 6.45) is 5.19. The second kappa shape index (κ2) is 6.41. The first kappa shape index (κ1) is 12.1. The van der Waals surface area contributed by atoms with E-state index < -0.39 is 0 Å². The highest BCUT2D eigenvalue weighted by Crippen LogP contribution is 2.17. The lowest BCUT2D eigenvalue weighted by atomic mass is 10.1. The Morgan fingerprint density at radius 1 is 1.19 bits per heavy atom. The van der Waals surface area contributed by atoms with Gasteiger partial charge in [-0.2, -0.15) is 0 Å². The Kier molecular flexibility index (Phi) is 4.86. The second-order valence-corrected chi connectivity index (χ2v) is 5.92. The van der Waals surface area contributed by atoms with Crippen LogP contribution in [0.5, 0.6) is 0 Å². The molecule has 2 rings (SSSR count). The van der Waals surface area contributed by atoms with Crippen molar-refractivity contribution >= 4 is 15.9 Å². The van der Waals surface area contributed by atoms with Crippen molar-refractivity contribution in [1.29, 1.82) is 0 Å². The molecule has 16 heavy (non-hydrogen) atoms. The molecule has 1 saturated heterocycles. The smallest absolute Gasteiger partial charge is 0.0285 e. The van der Waals surface area contributed by atoms with Gasteiger partial charge in [0, 0.05) is 11.4 Å². The van der Waals surface area contributed by atoms with Gasteiger partial charge in [-0.25, -0.2) is 0 Å². The highest BCUT2D eigenvalue weighted by atomic mass is 79.9. The molecule has 1 heterocycles. The standard InChI is InChI=1S/C14H20BrN/c15-14-9-11-16(12-14)10-5-4-8-13-6-2-1-3-7-13/h1-3,6-7,14H,4-5,8-12H2. The summed E-state index contributed by atoms with van der Waals surface area (Å²) in [6, 6.07) is 10.8. The van der Waals surface area contributed by atoms with E-state index >= 15 is 0 Å². The van der Waals surface area contributed by atoms with Gasteiger partial charge in [-0.15, -0.1) is 0 Å². The number of aryl methyl sites for hydroxylation is 1. The molecule has 1 unspecified atom stereocenters.